The summed E-state index contributed by atoms with van der Waals surface area (Å²) in [5.41, 5.74) is 0. The maximum atomic E-state index is 3.87. The van der Waals surface area contributed by atoms with Gasteiger partial charge in [-0.2, -0.15) is 0 Å². The lowest BCUT2D eigenvalue weighted by Crippen LogP contribution is -2.49. The second-order valence-corrected chi connectivity index (χ2v) is 7.13. The number of likely N-dealkylation sites (N-methyl/N-ethyl adjacent to an activating group) is 1. The van der Waals surface area contributed by atoms with Gasteiger partial charge in [0.25, 0.3) is 5.84 Å². The first-order chi connectivity index (χ1) is 9.65. The fourth-order valence-corrected chi connectivity index (χ4v) is 4.14. The Labute approximate surface area is 123 Å². The highest BCUT2D eigenvalue weighted by molar-refractivity contribution is 5.81. The van der Waals surface area contributed by atoms with E-state index in [0.717, 1.165) is 12.6 Å². The molecular weight excluding hydrogens is 248 g/mol. The molecule has 0 amide bonds. The summed E-state index contributed by atoms with van der Waals surface area (Å²) in [6.07, 6.45) is 5.55. The minimum atomic E-state index is 0.623. The van der Waals surface area contributed by atoms with Gasteiger partial charge < -0.3 is 4.90 Å². The molecule has 1 saturated carbocycles. The fourth-order valence-electron chi connectivity index (χ4n) is 4.14. The van der Waals surface area contributed by atoms with Crippen molar-refractivity contribution in [2.24, 2.45) is 0 Å². The van der Waals surface area contributed by atoms with Crippen LogP contribution in [0, 0.1) is 0 Å². The largest absolute Gasteiger partial charge is 0.304 e. The van der Waals surface area contributed by atoms with Crippen molar-refractivity contribution in [1.82, 2.24) is 15.1 Å². The molecule has 2 unspecified atom stereocenters. The van der Waals surface area contributed by atoms with Crippen LogP contribution in [-0.4, -0.2) is 78.1 Å². The summed E-state index contributed by atoms with van der Waals surface area (Å²) in [6, 6.07) is 2.10. The van der Waals surface area contributed by atoms with Gasteiger partial charge in [0.15, 0.2) is 0 Å². The van der Waals surface area contributed by atoms with E-state index in [2.05, 4.69) is 40.6 Å². The maximum absolute atomic E-state index is 3.87. The van der Waals surface area contributed by atoms with Gasteiger partial charge in [0, 0.05) is 26.2 Å². The lowest BCUT2D eigenvalue weighted by atomic mass is 9.90. The summed E-state index contributed by atoms with van der Waals surface area (Å²) in [5.74, 6) is 1.50. The molecule has 2 atom stereocenters. The molecule has 114 valence electrons. The lowest BCUT2D eigenvalue weighted by molar-refractivity contribution is -0.591. The molecule has 1 saturated heterocycles. The minimum absolute atomic E-state index is 0.623. The average Bonchev–Trinajstić information content (AvgIpc) is 2.79. The van der Waals surface area contributed by atoms with E-state index in [0.29, 0.717) is 12.1 Å². The van der Waals surface area contributed by atoms with Crippen LogP contribution < -0.4 is 5.32 Å². The molecule has 3 aliphatic rings. The highest BCUT2D eigenvalue weighted by Crippen LogP contribution is 2.26. The summed E-state index contributed by atoms with van der Waals surface area (Å²) >= 11 is 0. The first-order valence-electron chi connectivity index (χ1n) is 8.47. The molecule has 0 spiro atoms. The zero-order valence-electron chi connectivity index (χ0n) is 13.4. The Morgan fingerprint density at radius 1 is 1.15 bits per heavy atom. The van der Waals surface area contributed by atoms with Crippen LogP contribution in [0.25, 0.3) is 0 Å². The number of fused-ring (bicyclic) bond motifs is 1. The first-order valence-corrected chi connectivity index (χ1v) is 8.47. The summed E-state index contributed by atoms with van der Waals surface area (Å²) in [4.78, 5) is 5.05. The molecule has 0 bridgehead atoms. The molecule has 3 rings (SSSR count). The van der Waals surface area contributed by atoms with Crippen molar-refractivity contribution in [3.8, 4) is 0 Å². The van der Waals surface area contributed by atoms with Crippen molar-refractivity contribution in [3.63, 3.8) is 0 Å². The molecule has 1 aliphatic carbocycles. The SMILES string of the molecule is CC(C)[N+]1=C(CN2CCN(C)CC2)NC2CCCCC21. The third kappa shape index (κ3) is 2.86. The van der Waals surface area contributed by atoms with E-state index in [1.165, 1.54) is 57.7 Å². The second kappa shape index (κ2) is 6.02. The van der Waals surface area contributed by atoms with E-state index < -0.39 is 0 Å². The van der Waals surface area contributed by atoms with Crippen molar-refractivity contribution < 1.29 is 4.58 Å². The van der Waals surface area contributed by atoms with Crippen molar-refractivity contribution >= 4 is 5.84 Å². The Balaban J connectivity index is 1.70. The quantitative estimate of drug-likeness (QED) is 0.778. The number of hydrogen-bond donors (Lipinski definition) is 1. The molecule has 2 fully saturated rings. The van der Waals surface area contributed by atoms with Gasteiger partial charge in [-0.25, -0.2) is 0 Å². The van der Waals surface area contributed by atoms with Gasteiger partial charge in [-0.05, 0) is 46.6 Å². The Bertz CT molecular complexity index is 369. The van der Waals surface area contributed by atoms with E-state index in [-0.39, 0.29) is 0 Å². The van der Waals surface area contributed by atoms with Crippen LogP contribution in [0.15, 0.2) is 0 Å². The molecule has 4 nitrogen and oxygen atoms in total. The van der Waals surface area contributed by atoms with Crippen LogP contribution in [0.5, 0.6) is 0 Å². The van der Waals surface area contributed by atoms with E-state index in [9.17, 15) is 0 Å². The Morgan fingerprint density at radius 2 is 1.85 bits per heavy atom. The number of nitrogens with one attached hydrogen (secondary N) is 1. The standard InChI is InChI=1S/C16H30N4/c1-13(2)20-15-7-5-4-6-14(15)17-16(20)12-19-10-8-18(3)9-11-19/h13-15H,4-12H2,1-3H3/p+1. The molecular formula is C16H31N4+. The van der Waals surface area contributed by atoms with Crippen LogP contribution in [0.2, 0.25) is 0 Å². The van der Waals surface area contributed by atoms with Gasteiger partial charge in [0.2, 0.25) is 0 Å². The Morgan fingerprint density at radius 3 is 2.55 bits per heavy atom. The molecule has 0 aromatic heterocycles. The van der Waals surface area contributed by atoms with Crippen LogP contribution in [0.4, 0.5) is 0 Å². The minimum Gasteiger partial charge on any atom is -0.304 e. The van der Waals surface area contributed by atoms with Crippen LogP contribution in [0.1, 0.15) is 39.5 Å². The van der Waals surface area contributed by atoms with Crippen molar-refractivity contribution in [2.45, 2.75) is 57.7 Å². The van der Waals surface area contributed by atoms with E-state index in [4.69, 9.17) is 0 Å². The number of hydrogen-bond acceptors (Lipinski definition) is 3. The molecule has 0 radical (unpaired) electrons. The van der Waals surface area contributed by atoms with Crippen LogP contribution in [-0.2, 0) is 0 Å². The smallest absolute Gasteiger partial charge is 0.260 e. The molecule has 2 aliphatic heterocycles. The predicted octanol–water partition coefficient (Wildman–Crippen LogP) is 0.968. The van der Waals surface area contributed by atoms with Gasteiger partial charge in [0.1, 0.15) is 12.1 Å². The molecule has 0 aromatic rings. The predicted molar refractivity (Wildman–Crippen MR) is 83.5 cm³/mol. The van der Waals surface area contributed by atoms with Gasteiger partial charge in [0.05, 0.1) is 12.6 Å². The van der Waals surface area contributed by atoms with Crippen LogP contribution in [0.3, 0.4) is 0 Å². The molecule has 4 heteroatoms. The van der Waals surface area contributed by atoms with Crippen LogP contribution >= 0.6 is 0 Å². The third-order valence-corrected chi connectivity index (χ3v) is 5.28. The number of amidine groups is 1. The first kappa shape index (κ1) is 14.3. The molecule has 1 N–H and O–H groups in total. The number of piperazine rings is 1. The zero-order valence-corrected chi connectivity index (χ0v) is 13.4. The Hall–Kier alpha value is -0.610. The maximum Gasteiger partial charge on any atom is 0.260 e. The topological polar surface area (TPSA) is 21.5 Å². The third-order valence-electron chi connectivity index (χ3n) is 5.28. The van der Waals surface area contributed by atoms with Gasteiger partial charge in [-0.15, -0.1) is 0 Å². The van der Waals surface area contributed by atoms with Gasteiger partial charge in [-0.3, -0.25) is 14.8 Å². The van der Waals surface area contributed by atoms with E-state index in [1.807, 2.05) is 0 Å². The second-order valence-electron chi connectivity index (χ2n) is 7.13. The lowest BCUT2D eigenvalue weighted by Gasteiger charge is -2.31. The Kier molecular flexibility index (Phi) is 4.32. The molecule has 20 heavy (non-hydrogen) atoms. The van der Waals surface area contributed by atoms with Gasteiger partial charge >= 0.3 is 0 Å². The monoisotopic (exact) mass is 279 g/mol. The van der Waals surface area contributed by atoms with Crippen molar-refractivity contribution in [2.75, 3.05) is 39.8 Å². The van der Waals surface area contributed by atoms with E-state index in [1.54, 1.807) is 0 Å². The molecule has 0 aromatic carbocycles. The summed E-state index contributed by atoms with van der Waals surface area (Å²) in [5, 5.41) is 3.87. The van der Waals surface area contributed by atoms with Crippen molar-refractivity contribution in [3.05, 3.63) is 0 Å². The average molecular weight is 279 g/mol. The number of nitrogens with zero attached hydrogens (tertiary/aromatic N) is 3. The van der Waals surface area contributed by atoms with E-state index >= 15 is 0 Å². The fraction of sp³-hybridized carbons (Fsp3) is 0.938. The van der Waals surface area contributed by atoms with Gasteiger partial charge in [-0.1, -0.05) is 0 Å². The summed E-state index contributed by atoms with van der Waals surface area (Å²) < 4.78 is 2.70. The normalized spacial score (nSPS) is 32.6. The van der Waals surface area contributed by atoms with Crippen molar-refractivity contribution in [1.29, 1.82) is 0 Å². The molecule has 2 heterocycles. The zero-order chi connectivity index (χ0) is 14.1. The highest BCUT2D eigenvalue weighted by Gasteiger charge is 2.43. The summed E-state index contributed by atoms with van der Waals surface area (Å²) in [7, 11) is 2.23. The highest BCUT2D eigenvalue weighted by atomic mass is 15.3. The number of rotatable bonds is 3. The summed E-state index contributed by atoms with van der Waals surface area (Å²) in [6.45, 7) is 10.7.